The van der Waals surface area contributed by atoms with E-state index < -0.39 is 5.79 Å². The Bertz CT molecular complexity index is 212. The zero-order valence-corrected chi connectivity index (χ0v) is 9.31. The highest BCUT2D eigenvalue weighted by Gasteiger charge is 2.38. The second-order valence-electron chi connectivity index (χ2n) is 4.73. The minimum Gasteiger partial charge on any atom is -0.350 e. The van der Waals surface area contributed by atoms with Crippen LogP contribution in [0.3, 0.4) is 0 Å². The van der Waals surface area contributed by atoms with Crippen LogP contribution in [-0.4, -0.2) is 20.0 Å². The van der Waals surface area contributed by atoms with Gasteiger partial charge in [-0.1, -0.05) is 19.4 Å². The van der Waals surface area contributed by atoms with E-state index in [0.29, 0.717) is 0 Å². The van der Waals surface area contributed by atoms with Gasteiger partial charge in [0.15, 0.2) is 5.79 Å². The highest BCUT2D eigenvalue weighted by molar-refractivity contribution is 5.14. The van der Waals surface area contributed by atoms with Crippen LogP contribution < -0.4 is 0 Å². The minimum absolute atomic E-state index is 0.269. The Hall–Kier alpha value is -0.340. The molecule has 0 saturated heterocycles. The van der Waals surface area contributed by atoms with E-state index in [-0.39, 0.29) is 5.41 Å². The molecule has 0 aromatic heterocycles. The zero-order chi connectivity index (χ0) is 10.1. The maximum atomic E-state index is 5.44. The molecular weight excluding hydrogens is 164 g/mol. The van der Waals surface area contributed by atoms with E-state index in [2.05, 4.69) is 26.8 Å². The smallest absolute Gasteiger partial charge is 0.187 e. The van der Waals surface area contributed by atoms with E-state index in [0.717, 1.165) is 12.8 Å². The van der Waals surface area contributed by atoms with Crippen molar-refractivity contribution in [2.75, 3.05) is 14.2 Å². The Kier molecular flexibility index (Phi) is 2.83. The lowest BCUT2D eigenvalue weighted by Gasteiger charge is -2.40. The van der Waals surface area contributed by atoms with E-state index in [1.165, 1.54) is 5.57 Å². The number of ether oxygens (including phenoxy) is 2. The molecular formula is C11H20O2. The van der Waals surface area contributed by atoms with Crippen LogP contribution in [0.1, 0.15) is 33.6 Å². The molecule has 0 aliphatic heterocycles. The number of allylic oxidation sites excluding steroid dienone is 1. The molecule has 0 saturated carbocycles. The van der Waals surface area contributed by atoms with Crippen LogP contribution >= 0.6 is 0 Å². The standard InChI is InChI=1S/C11H20O2/c1-9-6-10(2,3)8-11(7-9,12-4)13-5/h7H,6,8H2,1-5H3. The summed E-state index contributed by atoms with van der Waals surface area (Å²) in [5, 5.41) is 0. The first-order chi connectivity index (χ1) is 5.93. The molecule has 0 N–H and O–H groups in total. The fourth-order valence-corrected chi connectivity index (χ4v) is 2.31. The molecule has 0 aromatic carbocycles. The lowest BCUT2D eigenvalue weighted by molar-refractivity contribution is -0.193. The highest BCUT2D eigenvalue weighted by atomic mass is 16.7. The Balaban J connectivity index is 2.93. The zero-order valence-electron chi connectivity index (χ0n) is 9.31. The maximum absolute atomic E-state index is 5.44. The van der Waals surface area contributed by atoms with Crippen LogP contribution in [0, 0.1) is 5.41 Å². The molecule has 2 heteroatoms. The summed E-state index contributed by atoms with van der Waals surface area (Å²) in [5.41, 5.74) is 1.62. The largest absolute Gasteiger partial charge is 0.350 e. The third-order valence-electron chi connectivity index (χ3n) is 2.64. The maximum Gasteiger partial charge on any atom is 0.187 e. The van der Waals surface area contributed by atoms with Crippen molar-refractivity contribution in [3.05, 3.63) is 11.6 Å². The summed E-state index contributed by atoms with van der Waals surface area (Å²) < 4.78 is 10.9. The average Bonchev–Trinajstić information content (AvgIpc) is 2.00. The lowest BCUT2D eigenvalue weighted by atomic mass is 9.75. The molecule has 0 atom stereocenters. The fraction of sp³-hybridized carbons (Fsp3) is 0.818. The van der Waals surface area contributed by atoms with Crippen molar-refractivity contribution < 1.29 is 9.47 Å². The van der Waals surface area contributed by atoms with Gasteiger partial charge < -0.3 is 9.47 Å². The quantitative estimate of drug-likeness (QED) is 0.485. The molecule has 1 aliphatic carbocycles. The Labute approximate surface area is 80.9 Å². The molecule has 1 aliphatic rings. The van der Waals surface area contributed by atoms with Gasteiger partial charge in [0.25, 0.3) is 0 Å². The van der Waals surface area contributed by atoms with Crippen molar-refractivity contribution in [1.82, 2.24) is 0 Å². The van der Waals surface area contributed by atoms with Crippen LogP contribution in [0.25, 0.3) is 0 Å². The third kappa shape index (κ3) is 2.32. The number of hydrogen-bond donors (Lipinski definition) is 0. The molecule has 1 rings (SSSR count). The summed E-state index contributed by atoms with van der Waals surface area (Å²) in [5.74, 6) is -0.494. The van der Waals surface area contributed by atoms with Gasteiger partial charge in [0.2, 0.25) is 0 Å². The van der Waals surface area contributed by atoms with E-state index in [1.54, 1.807) is 14.2 Å². The fourth-order valence-electron chi connectivity index (χ4n) is 2.31. The van der Waals surface area contributed by atoms with Gasteiger partial charge in [-0.25, -0.2) is 0 Å². The number of rotatable bonds is 2. The molecule has 76 valence electrons. The number of hydrogen-bond acceptors (Lipinski definition) is 2. The second-order valence-corrected chi connectivity index (χ2v) is 4.73. The van der Waals surface area contributed by atoms with E-state index >= 15 is 0 Å². The van der Waals surface area contributed by atoms with E-state index in [1.807, 2.05) is 0 Å². The van der Waals surface area contributed by atoms with Crippen molar-refractivity contribution in [2.24, 2.45) is 5.41 Å². The molecule has 0 spiro atoms. The highest BCUT2D eigenvalue weighted by Crippen LogP contribution is 2.41. The Morgan fingerprint density at radius 3 is 2.15 bits per heavy atom. The Morgan fingerprint density at radius 1 is 1.23 bits per heavy atom. The Morgan fingerprint density at radius 2 is 1.77 bits per heavy atom. The molecule has 0 aromatic rings. The first kappa shape index (κ1) is 10.7. The first-order valence-corrected chi connectivity index (χ1v) is 4.72. The third-order valence-corrected chi connectivity index (χ3v) is 2.64. The summed E-state index contributed by atoms with van der Waals surface area (Å²) in [7, 11) is 3.41. The number of methoxy groups -OCH3 is 2. The minimum atomic E-state index is -0.494. The molecule has 0 fully saturated rings. The van der Waals surface area contributed by atoms with Gasteiger partial charge >= 0.3 is 0 Å². The summed E-state index contributed by atoms with van der Waals surface area (Å²) in [6.07, 6.45) is 4.14. The second kappa shape index (κ2) is 3.43. The van der Waals surface area contributed by atoms with Crippen molar-refractivity contribution in [2.45, 2.75) is 39.4 Å². The average molecular weight is 184 g/mol. The molecule has 13 heavy (non-hydrogen) atoms. The van der Waals surface area contributed by atoms with Gasteiger partial charge in [0, 0.05) is 20.6 Å². The molecule has 0 heterocycles. The molecule has 0 unspecified atom stereocenters. The summed E-state index contributed by atoms with van der Waals surface area (Å²) in [6.45, 7) is 6.63. The first-order valence-electron chi connectivity index (χ1n) is 4.72. The van der Waals surface area contributed by atoms with Crippen molar-refractivity contribution in [3.63, 3.8) is 0 Å². The van der Waals surface area contributed by atoms with Gasteiger partial charge in [0.1, 0.15) is 0 Å². The monoisotopic (exact) mass is 184 g/mol. The van der Waals surface area contributed by atoms with Crippen LogP contribution in [0.2, 0.25) is 0 Å². The van der Waals surface area contributed by atoms with E-state index in [4.69, 9.17) is 9.47 Å². The molecule has 0 radical (unpaired) electrons. The molecule has 2 nitrogen and oxygen atoms in total. The van der Waals surface area contributed by atoms with Crippen molar-refractivity contribution >= 4 is 0 Å². The van der Waals surface area contributed by atoms with Gasteiger partial charge in [-0.3, -0.25) is 0 Å². The van der Waals surface area contributed by atoms with Crippen LogP contribution in [0.15, 0.2) is 11.6 Å². The molecule has 0 amide bonds. The SMILES string of the molecule is COC1(OC)C=C(C)CC(C)(C)C1. The van der Waals surface area contributed by atoms with Crippen molar-refractivity contribution in [3.8, 4) is 0 Å². The van der Waals surface area contributed by atoms with Crippen LogP contribution in [0.5, 0.6) is 0 Å². The van der Waals surface area contributed by atoms with Gasteiger partial charge in [-0.05, 0) is 24.8 Å². The van der Waals surface area contributed by atoms with Crippen LogP contribution in [0.4, 0.5) is 0 Å². The van der Waals surface area contributed by atoms with Gasteiger partial charge in [-0.2, -0.15) is 0 Å². The summed E-state index contributed by atoms with van der Waals surface area (Å²) >= 11 is 0. The summed E-state index contributed by atoms with van der Waals surface area (Å²) in [6, 6.07) is 0. The van der Waals surface area contributed by atoms with E-state index in [9.17, 15) is 0 Å². The topological polar surface area (TPSA) is 18.5 Å². The van der Waals surface area contributed by atoms with Gasteiger partial charge in [-0.15, -0.1) is 0 Å². The van der Waals surface area contributed by atoms with Crippen molar-refractivity contribution in [1.29, 1.82) is 0 Å². The molecule has 0 bridgehead atoms. The normalized spacial score (nSPS) is 25.5. The van der Waals surface area contributed by atoms with Gasteiger partial charge in [0.05, 0.1) is 0 Å². The predicted molar refractivity (Wildman–Crippen MR) is 53.5 cm³/mol. The summed E-state index contributed by atoms with van der Waals surface area (Å²) in [4.78, 5) is 0. The van der Waals surface area contributed by atoms with Crippen LogP contribution in [-0.2, 0) is 9.47 Å². The predicted octanol–water partition coefficient (Wildman–Crippen LogP) is 2.74. The lowest BCUT2D eigenvalue weighted by Crippen LogP contribution is -2.40.